The van der Waals surface area contributed by atoms with Gasteiger partial charge in [-0.1, -0.05) is 28.9 Å². The van der Waals surface area contributed by atoms with Gasteiger partial charge in [-0.3, -0.25) is 0 Å². The Hall–Kier alpha value is -1.13. The van der Waals surface area contributed by atoms with Gasteiger partial charge in [0, 0.05) is 28.9 Å². The van der Waals surface area contributed by atoms with Crippen LogP contribution in [0.25, 0.3) is 5.69 Å². The number of aliphatic hydroxyl groups is 1. The third kappa shape index (κ3) is 2.03. The quantitative estimate of drug-likeness (QED) is 0.939. The van der Waals surface area contributed by atoms with Crippen LogP contribution in [-0.4, -0.2) is 14.7 Å². The molecule has 0 radical (unpaired) electrons. The number of rotatable bonds is 3. The summed E-state index contributed by atoms with van der Waals surface area (Å²) in [6.45, 7) is 2.10. The molecule has 4 heteroatoms. The van der Waals surface area contributed by atoms with Gasteiger partial charge in [0.05, 0.1) is 12.3 Å². The van der Waals surface area contributed by atoms with E-state index in [9.17, 15) is 5.11 Å². The molecule has 2 aromatic rings. The molecule has 2 rings (SSSR count). The van der Waals surface area contributed by atoms with Crippen molar-refractivity contribution in [3.8, 4) is 5.69 Å². The van der Waals surface area contributed by atoms with Crippen molar-refractivity contribution in [3.05, 3.63) is 46.5 Å². The number of aromatic nitrogens is 2. The summed E-state index contributed by atoms with van der Waals surface area (Å²) in [4.78, 5) is 4.28. The van der Waals surface area contributed by atoms with E-state index in [0.29, 0.717) is 0 Å². The summed E-state index contributed by atoms with van der Waals surface area (Å²) >= 11 is 3.44. The van der Waals surface area contributed by atoms with E-state index < -0.39 is 0 Å². The molecule has 0 bridgehead atoms. The summed E-state index contributed by atoms with van der Waals surface area (Å²) in [7, 11) is 0. The minimum absolute atomic E-state index is 0.0317. The van der Waals surface area contributed by atoms with Crippen LogP contribution in [0.1, 0.15) is 18.3 Å². The molecule has 0 fully saturated rings. The minimum Gasteiger partial charge on any atom is -0.392 e. The highest BCUT2D eigenvalue weighted by atomic mass is 79.9. The minimum atomic E-state index is 0.0317. The van der Waals surface area contributed by atoms with Crippen LogP contribution in [0.15, 0.2) is 35.1 Å². The van der Waals surface area contributed by atoms with Crippen molar-refractivity contribution in [1.82, 2.24) is 9.55 Å². The van der Waals surface area contributed by atoms with E-state index in [0.717, 1.165) is 28.0 Å². The fourth-order valence-corrected chi connectivity index (χ4v) is 2.06. The van der Waals surface area contributed by atoms with Crippen molar-refractivity contribution in [2.75, 3.05) is 0 Å². The molecule has 0 spiro atoms. The molecule has 0 aliphatic carbocycles. The van der Waals surface area contributed by atoms with Gasteiger partial charge in [-0.2, -0.15) is 0 Å². The summed E-state index contributed by atoms with van der Waals surface area (Å²) in [5.74, 6) is 0.993. The standard InChI is InChI=1S/C12H13BrN2O/c1-2-12-14-5-6-15(12)11-7-10(13)4-3-9(11)8-16/h3-7,16H,2,8H2,1H3. The van der Waals surface area contributed by atoms with Gasteiger partial charge in [0.2, 0.25) is 0 Å². The normalized spacial score (nSPS) is 10.7. The first-order valence-corrected chi connectivity index (χ1v) is 5.97. The van der Waals surface area contributed by atoms with Crippen LogP contribution in [0.2, 0.25) is 0 Å². The molecule has 1 aromatic heterocycles. The summed E-state index contributed by atoms with van der Waals surface area (Å²) < 4.78 is 3.01. The molecule has 3 nitrogen and oxygen atoms in total. The zero-order valence-electron chi connectivity index (χ0n) is 9.02. The fraction of sp³-hybridized carbons (Fsp3) is 0.250. The second-order valence-corrected chi connectivity index (χ2v) is 4.41. The molecule has 0 saturated heterocycles. The third-order valence-corrected chi connectivity index (χ3v) is 3.00. The molecular formula is C12H13BrN2O. The fourth-order valence-electron chi connectivity index (χ4n) is 1.71. The summed E-state index contributed by atoms with van der Waals surface area (Å²) in [6, 6.07) is 5.84. The largest absolute Gasteiger partial charge is 0.392 e. The van der Waals surface area contributed by atoms with Crippen molar-refractivity contribution in [3.63, 3.8) is 0 Å². The number of hydrogen-bond donors (Lipinski definition) is 1. The van der Waals surface area contributed by atoms with Gasteiger partial charge in [-0.25, -0.2) is 4.98 Å². The van der Waals surface area contributed by atoms with E-state index in [2.05, 4.69) is 27.8 Å². The number of imidazole rings is 1. The lowest BCUT2D eigenvalue weighted by Gasteiger charge is -2.11. The van der Waals surface area contributed by atoms with Crippen LogP contribution in [-0.2, 0) is 13.0 Å². The number of nitrogens with zero attached hydrogens (tertiary/aromatic N) is 2. The molecule has 0 unspecified atom stereocenters. The van der Waals surface area contributed by atoms with Gasteiger partial charge in [-0.05, 0) is 12.1 Å². The third-order valence-electron chi connectivity index (χ3n) is 2.51. The van der Waals surface area contributed by atoms with Crippen LogP contribution < -0.4 is 0 Å². The molecule has 0 amide bonds. The van der Waals surface area contributed by atoms with Crippen molar-refractivity contribution >= 4 is 15.9 Å². The second kappa shape index (κ2) is 4.80. The molecule has 1 N–H and O–H groups in total. The maximum absolute atomic E-state index is 9.32. The number of aliphatic hydroxyl groups excluding tert-OH is 1. The van der Waals surface area contributed by atoms with E-state index in [-0.39, 0.29) is 6.61 Å². The van der Waals surface area contributed by atoms with E-state index in [1.54, 1.807) is 6.20 Å². The van der Waals surface area contributed by atoms with Crippen LogP contribution in [0.5, 0.6) is 0 Å². The van der Waals surface area contributed by atoms with Crippen LogP contribution >= 0.6 is 15.9 Å². The molecule has 0 atom stereocenters. The van der Waals surface area contributed by atoms with Crippen LogP contribution in [0, 0.1) is 0 Å². The number of halogens is 1. The Balaban J connectivity index is 2.58. The number of hydrogen-bond acceptors (Lipinski definition) is 2. The van der Waals surface area contributed by atoms with E-state index in [1.165, 1.54) is 0 Å². The number of aryl methyl sites for hydroxylation is 1. The first-order valence-electron chi connectivity index (χ1n) is 5.18. The maximum atomic E-state index is 9.32. The Morgan fingerprint density at radius 3 is 2.94 bits per heavy atom. The smallest absolute Gasteiger partial charge is 0.112 e. The van der Waals surface area contributed by atoms with Gasteiger partial charge in [0.25, 0.3) is 0 Å². The monoisotopic (exact) mass is 280 g/mol. The zero-order chi connectivity index (χ0) is 11.5. The zero-order valence-corrected chi connectivity index (χ0v) is 10.6. The van der Waals surface area contributed by atoms with Crippen molar-refractivity contribution in [2.45, 2.75) is 20.0 Å². The van der Waals surface area contributed by atoms with Gasteiger partial charge in [0.1, 0.15) is 5.82 Å². The highest BCUT2D eigenvalue weighted by Crippen LogP contribution is 2.21. The highest BCUT2D eigenvalue weighted by Gasteiger charge is 2.08. The predicted octanol–water partition coefficient (Wildman–Crippen LogP) is 2.69. The molecule has 84 valence electrons. The van der Waals surface area contributed by atoms with E-state index >= 15 is 0 Å². The van der Waals surface area contributed by atoms with Gasteiger partial charge in [0.15, 0.2) is 0 Å². The lowest BCUT2D eigenvalue weighted by Crippen LogP contribution is -2.03. The van der Waals surface area contributed by atoms with E-state index in [4.69, 9.17) is 0 Å². The molecule has 16 heavy (non-hydrogen) atoms. The Bertz CT molecular complexity index is 494. The SMILES string of the molecule is CCc1nccn1-c1cc(Br)ccc1CO. The highest BCUT2D eigenvalue weighted by molar-refractivity contribution is 9.10. The second-order valence-electron chi connectivity index (χ2n) is 3.50. The average molecular weight is 281 g/mol. The molecule has 0 aliphatic rings. The Morgan fingerprint density at radius 2 is 2.25 bits per heavy atom. The molecule has 0 saturated carbocycles. The molecule has 1 aromatic carbocycles. The summed E-state index contributed by atoms with van der Waals surface area (Å²) in [5, 5.41) is 9.32. The Morgan fingerprint density at radius 1 is 1.44 bits per heavy atom. The lowest BCUT2D eigenvalue weighted by molar-refractivity contribution is 0.281. The Labute approximate surface area is 103 Å². The van der Waals surface area contributed by atoms with Gasteiger partial charge >= 0.3 is 0 Å². The summed E-state index contributed by atoms with van der Waals surface area (Å²) in [6.07, 6.45) is 4.56. The topological polar surface area (TPSA) is 38.0 Å². The molecular weight excluding hydrogens is 268 g/mol. The van der Waals surface area contributed by atoms with Gasteiger partial charge < -0.3 is 9.67 Å². The molecule has 1 heterocycles. The Kier molecular flexibility index (Phi) is 3.41. The lowest BCUT2D eigenvalue weighted by atomic mass is 10.2. The first-order chi connectivity index (χ1) is 7.76. The predicted molar refractivity (Wildman–Crippen MR) is 66.6 cm³/mol. The van der Waals surface area contributed by atoms with Crippen LogP contribution in [0.4, 0.5) is 0 Å². The first kappa shape index (κ1) is 11.4. The molecule has 0 aliphatic heterocycles. The van der Waals surface area contributed by atoms with Crippen molar-refractivity contribution in [1.29, 1.82) is 0 Å². The average Bonchev–Trinajstić information content (AvgIpc) is 2.76. The number of benzene rings is 1. The summed E-state index contributed by atoms with van der Waals surface area (Å²) in [5.41, 5.74) is 1.88. The van der Waals surface area contributed by atoms with E-state index in [1.807, 2.05) is 29.0 Å². The van der Waals surface area contributed by atoms with Crippen molar-refractivity contribution in [2.24, 2.45) is 0 Å². The van der Waals surface area contributed by atoms with Crippen LogP contribution in [0.3, 0.4) is 0 Å². The van der Waals surface area contributed by atoms with Gasteiger partial charge in [-0.15, -0.1) is 0 Å². The maximum Gasteiger partial charge on any atom is 0.112 e. The van der Waals surface area contributed by atoms with Crippen molar-refractivity contribution < 1.29 is 5.11 Å².